The Balaban J connectivity index is 1.36. The van der Waals surface area contributed by atoms with Crippen LogP contribution < -0.4 is 10.1 Å². The van der Waals surface area contributed by atoms with Gasteiger partial charge in [0.15, 0.2) is 0 Å². The van der Waals surface area contributed by atoms with Gasteiger partial charge in [-0.3, -0.25) is 9.69 Å². The predicted octanol–water partition coefficient (Wildman–Crippen LogP) is 4.27. The lowest BCUT2D eigenvalue weighted by Crippen LogP contribution is -2.40. The Labute approximate surface area is 170 Å². The number of hydrogen-bond donors (Lipinski definition) is 1. The van der Waals surface area contributed by atoms with Gasteiger partial charge in [-0.2, -0.15) is 0 Å². The first kappa shape index (κ1) is 20.2. The maximum Gasteiger partial charge on any atom is 0.233 e. The number of benzene rings is 1. The zero-order chi connectivity index (χ0) is 19.1. The van der Waals surface area contributed by atoms with Crippen molar-refractivity contribution in [3.05, 3.63) is 46.7 Å². The molecule has 1 aliphatic heterocycles. The summed E-state index contributed by atoms with van der Waals surface area (Å²) in [5.74, 6) is 1.55. The third-order valence-corrected chi connectivity index (χ3v) is 6.95. The molecule has 3 rings (SSSR count). The van der Waals surface area contributed by atoms with Crippen LogP contribution in [-0.2, 0) is 11.3 Å². The molecule has 1 amide bonds. The molecule has 0 bridgehead atoms. The van der Waals surface area contributed by atoms with Crippen LogP contribution in [0.2, 0.25) is 0 Å². The van der Waals surface area contributed by atoms with Gasteiger partial charge in [-0.1, -0.05) is 6.07 Å². The molecule has 2 aromatic rings. The number of carbonyl (C=O) groups is 1. The number of thiophene rings is 1. The van der Waals surface area contributed by atoms with E-state index in [2.05, 4.69) is 27.7 Å². The number of piperidine rings is 1. The normalized spacial score (nSPS) is 16.8. The van der Waals surface area contributed by atoms with Gasteiger partial charge in [-0.15, -0.1) is 23.1 Å². The van der Waals surface area contributed by atoms with Crippen molar-refractivity contribution < 1.29 is 9.53 Å². The van der Waals surface area contributed by atoms with Crippen molar-refractivity contribution in [2.45, 2.75) is 36.5 Å². The lowest BCUT2D eigenvalue weighted by atomic mass is 9.96. The zero-order valence-corrected chi connectivity index (χ0v) is 17.7. The van der Waals surface area contributed by atoms with Crippen molar-refractivity contribution in [3.8, 4) is 5.75 Å². The summed E-state index contributed by atoms with van der Waals surface area (Å²) in [6.07, 6.45) is 2.32. The summed E-state index contributed by atoms with van der Waals surface area (Å²) in [4.78, 5) is 17.5. The number of amides is 1. The Bertz CT molecular complexity index is 695. The van der Waals surface area contributed by atoms with Crippen molar-refractivity contribution >= 4 is 29.0 Å². The van der Waals surface area contributed by atoms with Crippen LogP contribution in [0.25, 0.3) is 0 Å². The Morgan fingerprint density at radius 2 is 2.04 bits per heavy atom. The standard InChI is InChI=1S/C21H28N2O2S2/c1-16(27-19-7-5-18(25-2)6-8-19)21(24)22-14-17-9-11-23(12-10-17)15-20-4-3-13-26-20/h3-8,13,16-17H,9-12,14-15H2,1-2H3,(H,22,24). The van der Waals surface area contributed by atoms with Gasteiger partial charge in [0.1, 0.15) is 5.75 Å². The minimum Gasteiger partial charge on any atom is -0.497 e. The second-order valence-corrected chi connectivity index (χ2v) is 9.43. The lowest BCUT2D eigenvalue weighted by molar-refractivity contribution is -0.120. The van der Waals surface area contributed by atoms with Gasteiger partial charge < -0.3 is 10.1 Å². The van der Waals surface area contributed by atoms with Crippen LogP contribution in [0.5, 0.6) is 5.75 Å². The maximum atomic E-state index is 12.4. The van der Waals surface area contributed by atoms with E-state index >= 15 is 0 Å². The molecule has 1 saturated heterocycles. The Kier molecular flexibility index (Phi) is 7.61. The molecule has 1 aliphatic rings. The van der Waals surface area contributed by atoms with Crippen LogP contribution in [0.1, 0.15) is 24.6 Å². The van der Waals surface area contributed by atoms with Crippen LogP contribution in [0.3, 0.4) is 0 Å². The SMILES string of the molecule is COc1ccc(SC(C)C(=O)NCC2CCN(Cc3cccs3)CC2)cc1. The number of hydrogen-bond acceptors (Lipinski definition) is 5. The third-order valence-electron chi connectivity index (χ3n) is 4.97. The van der Waals surface area contributed by atoms with Crippen molar-refractivity contribution in [1.29, 1.82) is 0 Å². The summed E-state index contributed by atoms with van der Waals surface area (Å²) >= 11 is 3.41. The monoisotopic (exact) mass is 404 g/mol. The number of carbonyl (C=O) groups excluding carboxylic acids is 1. The van der Waals surface area contributed by atoms with E-state index < -0.39 is 0 Å². The topological polar surface area (TPSA) is 41.6 Å². The van der Waals surface area contributed by atoms with Crippen molar-refractivity contribution in [3.63, 3.8) is 0 Å². The van der Waals surface area contributed by atoms with E-state index in [0.29, 0.717) is 5.92 Å². The molecule has 146 valence electrons. The van der Waals surface area contributed by atoms with Gasteiger partial charge in [0.25, 0.3) is 0 Å². The van der Waals surface area contributed by atoms with E-state index in [9.17, 15) is 4.79 Å². The molecule has 1 unspecified atom stereocenters. The minimum absolute atomic E-state index is 0.0997. The first-order valence-corrected chi connectivity index (χ1v) is 11.2. The van der Waals surface area contributed by atoms with Crippen molar-refractivity contribution in [2.75, 3.05) is 26.7 Å². The average Bonchev–Trinajstić information content (AvgIpc) is 3.21. The number of nitrogens with zero attached hydrogens (tertiary/aromatic N) is 1. The van der Waals surface area contributed by atoms with Crippen LogP contribution >= 0.6 is 23.1 Å². The summed E-state index contributed by atoms with van der Waals surface area (Å²) in [5.41, 5.74) is 0. The number of ether oxygens (including phenoxy) is 1. The molecular weight excluding hydrogens is 376 g/mol. The Morgan fingerprint density at radius 3 is 2.67 bits per heavy atom. The summed E-state index contributed by atoms with van der Waals surface area (Å²) in [6, 6.07) is 12.2. The van der Waals surface area contributed by atoms with Gasteiger partial charge in [0.05, 0.1) is 12.4 Å². The molecule has 0 saturated carbocycles. The average molecular weight is 405 g/mol. The molecule has 1 aromatic heterocycles. The van der Waals surface area contributed by atoms with E-state index in [1.165, 1.54) is 4.88 Å². The van der Waals surface area contributed by atoms with E-state index in [1.54, 1.807) is 18.9 Å². The highest BCUT2D eigenvalue weighted by Gasteiger charge is 2.21. The second-order valence-electron chi connectivity index (χ2n) is 6.98. The van der Waals surface area contributed by atoms with E-state index in [-0.39, 0.29) is 11.2 Å². The van der Waals surface area contributed by atoms with Gasteiger partial charge in [0, 0.05) is 22.9 Å². The maximum absolute atomic E-state index is 12.4. The van der Waals surface area contributed by atoms with Gasteiger partial charge in [0.2, 0.25) is 5.91 Å². The fourth-order valence-corrected chi connectivity index (χ4v) is 4.91. The molecule has 1 atom stereocenters. The number of likely N-dealkylation sites (tertiary alicyclic amines) is 1. The molecular formula is C21H28N2O2S2. The van der Waals surface area contributed by atoms with Gasteiger partial charge >= 0.3 is 0 Å². The fraction of sp³-hybridized carbons (Fsp3) is 0.476. The summed E-state index contributed by atoms with van der Waals surface area (Å²) < 4.78 is 5.17. The Morgan fingerprint density at radius 1 is 1.30 bits per heavy atom. The summed E-state index contributed by atoms with van der Waals surface area (Å²) in [5, 5.41) is 5.20. The smallest absolute Gasteiger partial charge is 0.233 e. The highest BCUT2D eigenvalue weighted by atomic mass is 32.2. The molecule has 1 aromatic carbocycles. The molecule has 6 heteroatoms. The molecule has 1 N–H and O–H groups in total. The van der Waals surface area contributed by atoms with Crippen molar-refractivity contribution in [1.82, 2.24) is 10.2 Å². The molecule has 0 aliphatic carbocycles. The number of rotatable bonds is 8. The van der Waals surface area contributed by atoms with Crippen LogP contribution in [-0.4, -0.2) is 42.8 Å². The predicted molar refractivity (Wildman–Crippen MR) is 114 cm³/mol. The van der Waals surface area contributed by atoms with Crippen LogP contribution in [0.15, 0.2) is 46.7 Å². The Hall–Kier alpha value is -1.50. The van der Waals surface area contributed by atoms with E-state index in [4.69, 9.17) is 4.74 Å². The fourth-order valence-electron chi connectivity index (χ4n) is 3.27. The molecule has 0 spiro atoms. The molecule has 27 heavy (non-hydrogen) atoms. The zero-order valence-electron chi connectivity index (χ0n) is 16.0. The third kappa shape index (κ3) is 6.26. The molecule has 4 nitrogen and oxygen atoms in total. The largest absolute Gasteiger partial charge is 0.497 e. The van der Waals surface area contributed by atoms with E-state index in [1.807, 2.05) is 42.5 Å². The van der Waals surface area contributed by atoms with Crippen molar-refractivity contribution in [2.24, 2.45) is 5.92 Å². The molecule has 1 fully saturated rings. The summed E-state index contributed by atoms with van der Waals surface area (Å²) in [7, 11) is 1.66. The van der Waals surface area contributed by atoms with E-state index in [0.717, 1.165) is 49.7 Å². The molecule has 2 heterocycles. The number of nitrogens with one attached hydrogen (secondary N) is 1. The highest BCUT2D eigenvalue weighted by molar-refractivity contribution is 8.00. The highest BCUT2D eigenvalue weighted by Crippen LogP contribution is 2.26. The number of methoxy groups -OCH3 is 1. The number of thioether (sulfide) groups is 1. The quantitative estimate of drug-likeness (QED) is 0.667. The summed E-state index contributed by atoms with van der Waals surface area (Å²) in [6.45, 7) is 6.06. The van der Waals surface area contributed by atoms with Gasteiger partial charge in [-0.25, -0.2) is 0 Å². The first-order chi connectivity index (χ1) is 13.1. The van der Waals surface area contributed by atoms with Crippen LogP contribution in [0, 0.1) is 5.92 Å². The van der Waals surface area contributed by atoms with Crippen LogP contribution in [0.4, 0.5) is 0 Å². The van der Waals surface area contributed by atoms with Gasteiger partial charge in [-0.05, 0) is 74.5 Å². The molecule has 0 radical (unpaired) electrons. The first-order valence-electron chi connectivity index (χ1n) is 9.47. The second kappa shape index (κ2) is 10.2. The minimum atomic E-state index is -0.0997. The lowest BCUT2D eigenvalue weighted by Gasteiger charge is -2.31.